The molecule has 9 heteroatoms. The van der Waals surface area contributed by atoms with Crippen molar-refractivity contribution in [3.63, 3.8) is 0 Å². The number of benzene rings is 2. The SMILES string of the molecule is COC(=O)/C=C1/S/C(=N\N=Cc2cccc(Oc3ccc(C#N)cc3)c2)NC1=O. The van der Waals surface area contributed by atoms with Crippen molar-refractivity contribution >= 4 is 35.0 Å². The van der Waals surface area contributed by atoms with Crippen LogP contribution in [0, 0.1) is 11.3 Å². The topological polar surface area (TPSA) is 113 Å². The highest BCUT2D eigenvalue weighted by Crippen LogP contribution is 2.24. The van der Waals surface area contributed by atoms with Crippen LogP contribution in [-0.4, -0.2) is 30.4 Å². The van der Waals surface area contributed by atoms with Gasteiger partial charge < -0.3 is 9.47 Å². The van der Waals surface area contributed by atoms with E-state index in [1.807, 2.05) is 6.07 Å². The van der Waals surface area contributed by atoms with Gasteiger partial charge in [0.15, 0.2) is 5.17 Å². The number of ether oxygens (including phenoxy) is 2. The molecule has 0 saturated carbocycles. The first-order chi connectivity index (χ1) is 14.1. The van der Waals surface area contributed by atoms with Gasteiger partial charge in [0.2, 0.25) is 0 Å². The summed E-state index contributed by atoms with van der Waals surface area (Å²) >= 11 is 0.994. The summed E-state index contributed by atoms with van der Waals surface area (Å²) in [5.74, 6) is 0.144. The minimum atomic E-state index is -0.619. The summed E-state index contributed by atoms with van der Waals surface area (Å²) in [4.78, 5) is 23.2. The van der Waals surface area contributed by atoms with Crippen molar-refractivity contribution in [2.45, 2.75) is 0 Å². The third-order valence-electron chi connectivity index (χ3n) is 3.53. The van der Waals surface area contributed by atoms with E-state index in [1.54, 1.807) is 42.5 Å². The van der Waals surface area contributed by atoms with E-state index in [9.17, 15) is 9.59 Å². The van der Waals surface area contributed by atoms with Gasteiger partial charge in [0.25, 0.3) is 5.91 Å². The van der Waals surface area contributed by atoms with Crippen molar-refractivity contribution in [3.05, 3.63) is 70.6 Å². The number of carbonyl (C=O) groups excluding carboxylic acids is 2. The van der Waals surface area contributed by atoms with E-state index < -0.39 is 11.9 Å². The molecule has 3 rings (SSSR count). The minimum Gasteiger partial charge on any atom is -0.466 e. The van der Waals surface area contributed by atoms with Crippen LogP contribution in [0.4, 0.5) is 0 Å². The highest BCUT2D eigenvalue weighted by Gasteiger charge is 2.24. The van der Waals surface area contributed by atoms with Crippen LogP contribution in [0.1, 0.15) is 11.1 Å². The summed E-state index contributed by atoms with van der Waals surface area (Å²) < 4.78 is 10.3. The summed E-state index contributed by atoms with van der Waals surface area (Å²) in [5.41, 5.74) is 1.29. The molecule has 1 aliphatic heterocycles. The number of nitriles is 1. The largest absolute Gasteiger partial charge is 0.466 e. The van der Waals surface area contributed by atoms with Crippen molar-refractivity contribution < 1.29 is 19.1 Å². The first-order valence-corrected chi connectivity index (χ1v) is 9.07. The molecule has 1 N–H and O–H groups in total. The average Bonchev–Trinajstić information content (AvgIpc) is 3.07. The summed E-state index contributed by atoms with van der Waals surface area (Å²) in [5, 5.41) is 19.5. The molecule has 1 saturated heterocycles. The molecule has 0 bridgehead atoms. The van der Waals surface area contributed by atoms with Crippen molar-refractivity contribution in [2.24, 2.45) is 10.2 Å². The highest BCUT2D eigenvalue weighted by molar-refractivity contribution is 8.18. The molecule has 144 valence electrons. The number of methoxy groups -OCH3 is 1. The number of hydrogen-bond acceptors (Lipinski definition) is 8. The lowest BCUT2D eigenvalue weighted by Gasteiger charge is -2.06. The highest BCUT2D eigenvalue weighted by atomic mass is 32.2. The molecule has 1 amide bonds. The van der Waals surface area contributed by atoms with Gasteiger partial charge in [-0.15, -0.1) is 5.10 Å². The zero-order chi connectivity index (χ0) is 20.6. The van der Waals surface area contributed by atoms with Crippen LogP contribution in [0.15, 0.2) is 69.7 Å². The van der Waals surface area contributed by atoms with E-state index in [-0.39, 0.29) is 10.1 Å². The van der Waals surface area contributed by atoms with Gasteiger partial charge in [-0.2, -0.15) is 10.4 Å². The maximum Gasteiger partial charge on any atom is 0.331 e. The second-order valence-corrected chi connectivity index (χ2v) is 6.58. The van der Waals surface area contributed by atoms with Gasteiger partial charge in [-0.3, -0.25) is 10.1 Å². The van der Waals surface area contributed by atoms with Gasteiger partial charge in [0.1, 0.15) is 11.5 Å². The molecule has 0 spiro atoms. The quantitative estimate of drug-likeness (QED) is 0.353. The van der Waals surface area contributed by atoms with Crippen molar-refractivity contribution in [2.75, 3.05) is 7.11 Å². The summed E-state index contributed by atoms with van der Waals surface area (Å²) in [7, 11) is 1.23. The Hall–Kier alpha value is -3.90. The lowest BCUT2D eigenvalue weighted by Crippen LogP contribution is -2.19. The van der Waals surface area contributed by atoms with Crippen molar-refractivity contribution in [1.82, 2.24) is 5.32 Å². The van der Waals surface area contributed by atoms with Crippen molar-refractivity contribution in [3.8, 4) is 17.6 Å². The molecule has 2 aromatic carbocycles. The molecular formula is C20H14N4O4S. The van der Waals surface area contributed by atoms with Gasteiger partial charge >= 0.3 is 5.97 Å². The lowest BCUT2D eigenvalue weighted by molar-refractivity contribution is -0.135. The van der Waals surface area contributed by atoms with Crippen LogP contribution in [0.25, 0.3) is 0 Å². The van der Waals surface area contributed by atoms with Crippen LogP contribution in [0.2, 0.25) is 0 Å². The average molecular weight is 406 g/mol. The summed E-state index contributed by atoms with van der Waals surface area (Å²) in [6.07, 6.45) is 2.60. The molecular weight excluding hydrogens is 392 g/mol. The zero-order valence-electron chi connectivity index (χ0n) is 15.2. The minimum absolute atomic E-state index is 0.184. The fourth-order valence-corrected chi connectivity index (χ4v) is 2.92. The maximum atomic E-state index is 11.8. The lowest BCUT2D eigenvalue weighted by atomic mass is 10.2. The van der Waals surface area contributed by atoms with Gasteiger partial charge in [-0.1, -0.05) is 12.1 Å². The Morgan fingerprint density at radius 2 is 2.00 bits per heavy atom. The number of rotatable bonds is 5. The number of nitrogens with one attached hydrogen (secondary N) is 1. The Morgan fingerprint density at radius 1 is 1.21 bits per heavy atom. The molecule has 0 radical (unpaired) electrons. The van der Waals surface area contributed by atoms with E-state index in [4.69, 9.17) is 10.00 Å². The fourth-order valence-electron chi connectivity index (χ4n) is 2.18. The number of nitrogens with zero attached hydrogens (tertiary/aromatic N) is 3. The van der Waals surface area contributed by atoms with Crippen LogP contribution in [0.3, 0.4) is 0 Å². The second-order valence-electron chi connectivity index (χ2n) is 5.55. The first kappa shape index (κ1) is 19.9. The van der Waals surface area contributed by atoms with E-state index in [1.165, 1.54) is 13.3 Å². The first-order valence-electron chi connectivity index (χ1n) is 8.25. The molecule has 0 aromatic heterocycles. The van der Waals surface area contributed by atoms with E-state index in [2.05, 4.69) is 26.3 Å². The van der Waals surface area contributed by atoms with E-state index in [0.717, 1.165) is 23.4 Å². The van der Waals surface area contributed by atoms with Crippen LogP contribution < -0.4 is 10.1 Å². The smallest absolute Gasteiger partial charge is 0.331 e. The Kier molecular flexibility index (Phi) is 6.40. The molecule has 2 aromatic rings. The van der Waals surface area contributed by atoms with Gasteiger partial charge in [-0.05, 0) is 53.7 Å². The molecule has 0 atom stereocenters. The summed E-state index contributed by atoms with van der Waals surface area (Å²) in [6.45, 7) is 0. The number of carbonyl (C=O) groups is 2. The number of esters is 1. The predicted octanol–water partition coefficient (Wildman–Crippen LogP) is 2.96. The second kappa shape index (κ2) is 9.34. The molecule has 29 heavy (non-hydrogen) atoms. The number of thioether (sulfide) groups is 1. The van der Waals surface area contributed by atoms with Crippen molar-refractivity contribution in [1.29, 1.82) is 5.26 Å². The monoisotopic (exact) mass is 406 g/mol. The Bertz CT molecular complexity index is 1070. The molecule has 1 fully saturated rings. The van der Waals surface area contributed by atoms with Gasteiger partial charge in [-0.25, -0.2) is 4.79 Å². The van der Waals surface area contributed by atoms with Crippen LogP contribution in [-0.2, 0) is 14.3 Å². The third kappa shape index (κ3) is 5.54. The van der Waals surface area contributed by atoms with E-state index >= 15 is 0 Å². The van der Waals surface area contributed by atoms with Crippen LogP contribution in [0.5, 0.6) is 11.5 Å². The predicted molar refractivity (Wildman–Crippen MR) is 109 cm³/mol. The van der Waals surface area contributed by atoms with Gasteiger partial charge in [0, 0.05) is 6.08 Å². The standard InChI is InChI=1S/C20H14N4O4S/c1-27-18(25)10-17-19(26)23-20(29-17)24-22-12-14-3-2-4-16(9-14)28-15-7-5-13(11-21)6-8-15/h2-10,12H,1H3,(H,23,24,26)/b17-10+,22-12?. The Balaban J connectivity index is 1.65. The molecule has 8 nitrogen and oxygen atoms in total. The third-order valence-corrected chi connectivity index (χ3v) is 4.43. The summed E-state index contributed by atoms with van der Waals surface area (Å²) in [6, 6.07) is 16.0. The Labute approximate surface area is 170 Å². The number of hydrogen-bond donors (Lipinski definition) is 1. The van der Waals surface area contributed by atoms with Crippen LogP contribution >= 0.6 is 11.8 Å². The fraction of sp³-hybridized carbons (Fsp3) is 0.0500. The number of amides is 1. The molecule has 1 heterocycles. The zero-order valence-corrected chi connectivity index (χ0v) is 16.0. The molecule has 1 aliphatic rings. The normalized spacial score (nSPS) is 16.1. The van der Waals surface area contributed by atoms with E-state index in [0.29, 0.717) is 17.1 Å². The number of amidine groups is 1. The molecule has 0 aliphatic carbocycles. The Morgan fingerprint density at radius 3 is 2.72 bits per heavy atom. The molecule has 0 unspecified atom stereocenters. The van der Waals surface area contributed by atoms with Gasteiger partial charge in [0.05, 0.1) is 29.9 Å². The maximum absolute atomic E-state index is 11.8.